The first-order chi connectivity index (χ1) is 20.0. The lowest BCUT2D eigenvalue weighted by atomic mass is 9.89. The van der Waals surface area contributed by atoms with Gasteiger partial charge in [0.15, 0.2) is 11.6 Å². The first-order valence-corrected chi connectivity index (χ1v) is 18.8. The van der Waals surface area contributed by atoms with Crippen LogP contribution in [0.4, 0.5) is 8.78 Å². The summed E-state index contributed by atoms with van der Waals surface area (Å²) in [6, 6.07) is 3.21. The number of thiophene rings is 1. The van der Waals surface area contributed by atoms with Crippen LogP contribution in [-0.2, 0) is 6.42 Å². The number of hydrogen-bond donors (Lipinski definition) is 0. The normalized spacial score (nSPS) is 12.5. The molecule has 1 atom stereocenters. The lowest BCUT2D eigenvalue weighted by Gasteiger charge is -2.17. The van der Waals surface area contributed by atoms with E-state index in [1.807, 2.05) is 0 Å². The number of aromatic nitrogens is 2. The Balaban J connectivity index is 1.55. The van der Waals surface area contributed by atoms with Gasteiger partial charge in [0.05, 0.1) is 21.1 Å². The Morgan fingerprint density at radius 3 is 1.76 bits per heavy atom. The Labute approximate surface area is 264 Å². The molecular formula is C34H51BrF2N2S2. The second kappa shape index (κ2) is 20.1. The molecule has 0 radical (unpaired) electrons. The summed E-state index contributed by atoms with van der Waals surface area (Å²) < 4.78 is 38.8. The Hall–Kier alpha value is -0.920. The molecule has 3 rings (SSSR count). The number of rotatable bonds is 23. The third-order valence-electron chi connectivity index (χ3n) is 8.39. The van der Waals surface area contributed by atoms with Crippen LogP contribution < -0.4 is 0 Å². The summed E-state index contributed by atoms with van der Waals surface area (Å²) in [6.07, 6.45) is 27.8. The van der Waals surface area contributed by atoms with Crippen LogP contribution in [0.5, 0.6) is 0 Å². The van der Waals surface area contributed by atoms with Crippen molar-refractivity contribution in [1.82, 2.24) is 8.75 Å². The van der Waals surface area contributed by atoms with E-state index < -0.39 is 11.6 Å². The van der Waals surface area contributed by atoms with E-state index in [1.54, 1.807) is 0 Å². The molecule has 41 heavy (non-hydrogen) atoms. The molecule has 3 aromatic rings. The maximum Gasteiger partial charge on any atom is 0.169 e. The number of halogens is 3. The van der Waals surface area contributed by atoms with Crippen molar-refractivity contribution < 1.29 is 8.78 Å². The van der Waals surface area contributed by atoms with Crippen LogP contribution >= 0.6 is 39.0 Å². The minimum atomic E-state index is -0.861. The molecule has 0 fully saturated rings. The van der Waals surface area contributed by atoms with E-state index in [2.05, 4.69) is 44.6 Å². The highest BCUT2D eigenvalue weighted by molar-refractivity contribution is 9.11. The van der Waals surface area contributed by atoms with Gasteiger partial charge in [-0.05, 0) is 39.9 Å². The van der Waals surface area contributed by atoms with Crippen molar-refractivity contribution in [2.75, 3.05) is 0 Å². The highest BCUT2D eigenvalue weighted by atomic mass is 79.9. The van der Waals surface area contributed by atoms with Gasteiger partial charge in [0.25, 0.3) is 0 Å². The molecule has 0 aliphatic carbocycles. The molecular weight excluding hydrogens is 618 g/mol. The van der Waals surface area contributed by atoms with Gasteiger partial charge in [0.2, 0.25) is 0 Å². The van der Waals surface area contributed by atoms with E-state index in [1.165, 1.54) is 145 Å². The minimum Gasteiger partial charge on any atom is -0.204 e. The lowest BCUT2D eigenvalue weighted by Crippen LogP contribution is -2.05. The molecule has 2 nitrogen and oxygen atoms in total. The fourth-order valence-electron chi connectivity index (χ4n) is 5.91. The highest BCUT2D eigenvalue weighted by Crippen LogP contribution is 2.41. The average molecular weight is 670 g/mol. The summed E-state index contributed by atoms with van der Waals surface area (Å²) in [7, 11) is 0. The molecule has 0 N–H and O–H groups in total. The van der Waals surface area contributed by atoms with E-state index in [9.17, 15) is 8.78 Å². The van der Waals surface area contributed by atoms with E-state index in [0.717, 1.165) is 32.9 Å². The Bertz CT molecular complexity index is 1130. The molecule has 7 heteroatoms. The predicted octanol–water partition coefficient (Wildman–Crippen LogP) is 13.5. The van der Waals surface area contributed by atoms with Gasteiger partial charge in [-0.3, -0.25) is 0 Å². The molecule has 0 bridgehead atoms. The number of unbranched alkanes of at least 4 members (excludes halogenated alkanes) is 16. The van der Waals surface area contributed by atoms with Crippen molar-refractivity contribution in [3.63, 3.8) is 0 Å². The van der Waals surface area contributed by atoms with E-state index >= 15 is 0 Å². The summed E-state index contributed by atoms with van der Waals surface area (Å²) in [6.45, 7) is 4.55. The fourth-order valence-corrected chi connectivity index (χ4v) is 8.20. The summed E-state index contributed by atoms with van der Waals surface area (Å²) >= 11 is 6.25. The standard InChI is InChI=1S/C34H51BrF2N2S2/c1-3-5-7-9-11-13-14-16-18-20-22-26(21-19-17-15-12-10-8-6-4-2)23-27-24-30(40-34(27)35)31-32(37)28(36)25-29-33(31)39-41-38-29/h24-26H,3-23H2,1-2H3. The number of nitrogens with zero attached hydrogens (tertiary/aromatic N) is 2. The molecule has 230 valence electrons. The second-order valence-electron chi connectivity index (χ2n) is 11.9. The molecule has 0 aliphatic heterocycles. The highest BCUT2D eigenvalue weighted by Gasteiger charge is 2.22. The monoisotopic (exact) mass is 668 g/mol. The number of benzene rings is 1. The molecule has 0 saturated heterocycles. The molecule has 0 saturated carbocycles. The Morgan fingerprint density at radius 2 is 1.22 bits per heavy atom. The predicted molar refractivity (Wildman–Crippen MR) is 179 cm³/mol. The fraction of sp³-hybridized carbons (Fsp3) is 0.706. The summed E-state index contributed by atoms with van der Waals surface area (Å²) in [5.74, 6) is -1.06. The smallest absolute Gasteiger partial charge is 0.169 e. The quantitative estimate of drug-likeness (QED) is 0.0939. The van der Waals surface area contributed by atoms with Crippen LogP contribution in [0.1, 0.15) is 148 Å². The number of fused-ring (bicyclic) bond motifs is 1. The van der Waals surface area contributed by atoms with Crippen molar-refractivity contribution >= 4 is 50.0 Å². The van der Waals surface area contributed by atoms with Gasteiger partial charge in [-0.2, -0.15) is 8.75 Å². The van der Waals surface area contributed by atoms with Crippen molar-refractivity contribution in [2.45, 2.75) is 149 Å². The molecule has 2 aromatic heterocycles. The summed E-state index contributed by atoms with van der Waals surface area (Å²) in [5, 5.41) is 0. The van der Waals surface area contributed by atoms with Crippen LogP contribution in [0.3, 0.4) is 0 Å². The van der Waals surface area contributed by atoms with Crippen molar-refractivity contribution in [3.8, 4) is 10.4 Å². The molecule has 0 spiro atoms. The van der Waals surface area contributed by atoms with E-state index in [4.69, 9.17) is 0 Å². The van der Waals surface area contributed by atoms with Gasteiger partial charge < -0.3 is 0 Å². The SMILES string of the molecule is CCCCCCCCCCCCC(CCCCCCCCCC)Cc1cc(-c2c(F)c(F)cc3nsnc23)sc1Br. The summed E-state index contributed by atoms with van der Waals surface area (Å²) in [5.41, 5.74) is 2.33. The van der Waals surface area contributed by atoms with Gasteiger partial charge in [-0.25, -0.2) is 8.78 Å². The third-order valence-corrected chi connectivity index (χ3v) is 10.9. The zero-order chi connectivity index (χ0) is 29.3. The molecule has 0 aliphatic rings. The van der Waals surface area contributed by atoms with Gasteiger partial charge in [-0.15, -0.1) is 11.3 Å². The zero-order valence-corrected chi connectivity index (χ0v) is 28.6. The van der Waals surface area contributed by atoms with Crippen LogP contribution in [0.15, 0.2) is 15.9 Å². The molecule has 0 amide bonds. The second-order valence-corrected chi connectivity index (χ2v) is 14.8. The third kappa shape index (κ3) is 11.9. The van der Waals surface area contributed by atoms with Crippen molar-refractivity contribution in [2.24, 2.45) is 5.92 Å². The van der Waals surface area contributed by atoms with Gasteiger partial charge in [0, 0.05) is 10.9 Å². The maximum absolute atomic E-state index is 15.0. The van der Waals surface area contributed by atoms with Gasteiger partial charge in [0.1, 0.15) is 11.0 Å². The molecule has 2 heterocycles. The number of hydrogen-bond acceptors (Lipinski definition) is 4. The van der Waals surface area contributed by atoms with Crippen molar-refractivity contribution in [1.29, 1.82) is 0 Å². The summed E-state index contributed by atoms with van der Waals surface area (Å²) in [4.78, 5) is 0.728. The lowest BCUT2D eigenvalue weighted by molar-refractivity contribution is 0.400. The Morgan fingerprint density at radius 1 is 0.707 bits per heavy atom. The zero-order valence-electron chi connectivity index (χ0n) is 25.4. The van der Waals surface area contributed by atoms with Crippen LogP contribution in [0.2, 0.25) is 0 Å². The van der Waals surface area contributed by atoms with Crippen molar-refractivity contribution in [3.05, 3.63) is 33.1 Å². The van der Waals surface area contributed by atoms with Gasteiger partial charge >= 0.3 is 0 Å². The molecule has 1 aromatic carbocycles. The first-order valence-electron chi connectivity index (χ1n) is 16.4. The van der Waals surface area contributed by atoms with E-state index in [0.29, 0.717) is 17.0 Å². The van der Waals surface area contributed by atoms with Crippen LogP contribution in [0, 0.1) is 17.6 Å². The van der Waals surface area contributed by atoms with Gasteiger partial charge in [-0.1, -0.05) is 142 Å². The maximum atomic E-state index is 15.0. The van der Waals surface area contributed by atoms with Crippen LogP contribution in [-0.4, -0.2) is 8.75 Å². The molecule has 1 unspecified atom stereocenters. The average Bonchev–Trinajstić information content (AvgIpc) is 3.57. The minimum absolute atomic E-state index is 0.250. The largest absolute Gasteiger partial charge is 0.204 e. The first kappa shape index (κ1) is 34.6. The Kier molecular flexibility index (Phi) is 17.0. The van der Waals surface area contributed by atoms with E-state index in [-0.39, 0.29) is 5.56 Å². The topological polar surface area (TPSA) is 25.8 Å². The van der Waals surface area contributed by atoms with Crippen LogP contribution in [0.25, 0.3) is 21.5 Å².